The molecule has 0 aliphatic heterocycles. The van der Waals surface area contributed by atoms with E-state index >= 15 is 0 Å². The summed E-state index contributed by atoms with van der Waals surface area (Å²) in [5, 5.41) is 0.652. The number of esters is 1. The van der Waals surface area contributed by atoms with Crippen LogP contribution in [0, 0.1) is 5.41 Å². The van der Waals surface area contributed by atoms with Crippen LogP contribution in [0.25, 0.3) is 0 Å². The number of hydrogen-bond acceptors (Lipinski definition) is 2. The van der Waals surface area contributed by atoms with Gasteiger partial charge >= 0.3 is 5.97 Å². The first kappa shape index (κ1) is 12.1. The summed E-state index contributed by atoms with van der Waals surface area (Å²) in [5.74, 6) is -0.206. The van der Waals surface area contributed by atoms with Crippen molar-refractivity contribution in [2.24, 2.45) is 5.41 Å². The maximum absolute atomic E-state index is 11.5. The second-order valence-electron chi connectivity index (χ2n) is 4.46. The third-order valence-corrected chi connectivity index (χ3v) is 2.11. The van der Waals surface area contributed by atoms with Crippen LogP contribution >= 0.6 is 11.6 Å². The number of hydrogen-bond donors (Lipinski definition) is 0. The Bertz CT molecular complexity index is 353. The summed E-state index contributed by atoms with van der Waals surface area (Å²) in [5.41, 5.74) is 0.443. The van der Waals surface area contributed by atoms with Gasteiger partial charge in [0.2, 0.25) is 0 Å². The molecule has 0 spiro atoms. The predicted molar refractivity (Wildman–Crippen MR) is 60.7 cm³/mol. The Labute approximate surface area is 95.2 Å². The summed E-state index contributed by atoms with van der Waals surface area (Å²) in [7, 11) is 0. The van der Waals surface area contributed by atoms with E-state index in [1.54, 1.807) is 12.1 Å². The second-order valence-corrected chi connectivity index (χ2v) is 4.89. The molecule has 1 aromatic carbocycles. The molecule has 1 aromatic rings. The van der Waals surface area contributed by atoms with Crippen LogP contribution in [0.3, 0.4) is 0 Å². The summed E-state index contributed by atoms with van der Waals surface area (Å²) in [6.07, 6.45) is 0. The molecule has 0 bridgehead atoms. The predicted octanol–water partition coefficient (Wildman–Crippen LogP) is 3.43. The minimum Gasteiger partial charge on any atom is -0.460 e. The van der Waals surface area contributed by atoms with E-state index in [1.807, 2.05) is 32.9 Å². The first-order valence-corrected chi connectivity index (χ1v) is 5.19. The fourth-order valence-electron chi connectivity index (χ4n) is 0.992. The minimum absolute atomic E-state index is 0.206. The zero-order chi connectivity index (χ0) is 11.5. The smallest absolute Gasteiger partial charge is 0.311 e. The molecule has 2 nitrogen and oxygen atoms in total. The van der Waals surface area contributed by atoms with Crippen molar-refractivity contribution in [3.05, 3.63) is 34.9 Å². The normalized spacial score (nSPS) is 11.2. The van der Waals surface area contributed by atoms with Crippen LogP contribution in [-0.4, -0.2) is 5.97 Å². The van der Waals surface area contributed by atoms with E-state index in [-0.39, 0.29) is 12.6 Å². The van der Waals surface area contributed by atoms with E-state index in [0.717, 1.165) is 5.56 Å². The Morgan fingerprint density at radius 2 is 2.07 bits per heavy atom. The molecule has 0 amide bonds. The molecule has 0 aromatic heterocycles. The first-order chi connectivity index (χ1) is 6.89. The number of ether oxygens (including phenoxy) is 1. The third kappa shape index (κ3) is 3.92. The molecule has 15 heavy (non-hydrogen) atoms. The maximum atomic E-state index is 11.5. The lowest BCUT2D eigenvalue weighted by atomic mass is 9.97. The maximum Gasteiger partial charge on any atom is 0.311 e. The summed E-state index contributed by atoms with van der Waals surface area (Å²) in [4.78, 5) is 11.5. The number of carbonyl (C=O) groups excluding carboxylic acids is 1. The minimum atomic E-state index is -0.460. The van der Waals surface area contributed by atoms with Crippen LogP contribution in [0.5, 0.6) is 0 Å². The van der Waals surface area contributed by atoms with Gasteiger partial charge in [0, 0.05) is 5.02 Å². The number of benzene rings is 1. The lowest BCUT2D eigenvalue weighted by Crippen LogP contribution is -2.22. The van der Waals surface area contributed by atoms with Gasteiger partial charge in [0.05, 0.1) is 5.41 Å². The highest BCUT2D eigenvalue weighted by Gasteiger charge is 2.22. The van der Waals surface area contributed by atoms with Gasteiger partial charge < -0.3 is 4.74 Å². The van der Waals surface area contributed by atoms with E-state index in [0.29, 0.717) is 5.02 Å². The largest absolute Gasteiger partial charge is 0.460 e. The highest BCUT2D eigenvalue weighted by atomic mass is 35.5. The monoisotopic (exact) mass is 226 g/mol. The molecule has 82 valence electrons. The Hall–Kier alpha value is -1.02. The molecular formula is C12H15ClO2. The van der Waals surface area contributed by atoms with E-state index in [4.69, 9.17) is 16.3 Å². The van der Waals surface area contributed by atoms with Crippen LogP contribution in [0.2, 0.25) is 5.02 Å². The first-order valence-electron chi connectivity index (χ1n) is 4.81. The van der Waals surface area contributed by atoms with E-state index in [2.05, 4.69) is 0 Å². The van der Waals surface area contributed by atoms with Gasteiger partial charge in [-0.15, -0.1) is 0 Å². The molecule has 0 saturated heterocycles. The molecule has 0 saturated carbocycles. The molecule has 0 heterocycles. The van der Waals surface area contributed by atoms with Crippen LogP contribution in [0.15, 0.2) is 24.3 Å². The van der Waals surface area contributed by atoms with Gasteiger partial charge in [-0.25, -0.2) is 0 Å². The quantitative estimate of drug-likeness (QED) is 0.723. The summed E-state index contributed by atoms with van der Waals surface area (Å²) in [6, 6.07) is 7.29. The lowest BCUT2D eigenvalue weighted by Gasteiger charge is -2.16. The third-order valence-electron chi connectivity index (χ3n) is 1.87. The zero-order valence-corrected chi connectivity index (χ0v) is 9.97. The summed E-state index contributed by atoms with van der Waals surface area (Å²) >= 11 is 5.81. The van der Waals surface area contributed by atoms with Crippen molar-refractivity contribution in [3.63, 3.8) is 0 Å². The van der Waals surface area contributed by atoms with Crippen molar-refractivity contribution in [1.82, 2.24) is 0 Å². The molecule has 0 fully saturated rings. The Balaban J connectivity index is 2.55. The molecule has 3 heteroatoms. The number of rotatable bonds is 2. The average molecular weight is 227 g/mol. The highest BCUT2D eigenvalue weighted by Crippen LogP contribution is 2.17. The number of halogens is 1. The fourth-order valence-corrected chi connectivity index (χ4v) is 1.21. The topological polar surface area (TPSA) is 26.3 Å². The van der Waals surface area contributed by atoms with Gasteiger partial charge in [0.1, 0.15) is 6.61 Å². The highest BCUT2D eigenvalue weighted by molar-refractivity contribution is 6.30. The van der Waals surface area contributed by atoms with Gasteiger partial charge in [0.15, 0.2) is 0 Å². The van der Waals surface area contributed by atoms with E-state index < -0.39 is 5.41 Å². The van der Waals surface area contributed by atoms with Crippen LogP contribution < -0.4 is 0 Å². The van der Waals surface area contributed by atoms with Gasteiger partial charge in [-0.1, -0.05) is 23.7 Å². The molecule has 0 aliphatic carbocycles. The van der Waals surface area contributed by atoms with Gasteiger partial charge in [-0.05, 0) is 38.5 Å². The van der Waals surface area contributed by atoms with Crippen molar-refractivity contribution in [2.75, 3.05) is 0 Å². The van der Waals surface area contributed by atoms with Gasteiger partial charge in [-0.2, -0.15) is 0 Å². The van der Waals surface area contributed by atoms with E-state index in [9.17, 15) is 4.79 Å². The van der Waals surface area contributed by atoms with Crippen LogP contribution in [0.4, 0.5) is 0 Å². The zero-order valence-electron chi connectivity index (χ0n) is 9.21. The summed E-state index contributed by atoms with van der Waals surface area (Å²) in [6.45, 7) is 5.75. The molecule has 0 N–H and O–H groups in total. The molecule has 1 rings (SSSR count). The van der Waals surface area contributed by atoms with Crippen molar-refractivity contribution < 1.29 is 9.53 Å². The molecule has 0 unspecified atom stereocenters. The van der Waals surface area contributed by atoms with Crippen molar-refractivity contribution in [3.8, 4) is 0 Å². The van der Waals surface area contributed by atoms with Gasteiger partial charge in [-0.3, -0.25) is 4.79 Å². The summed E-state index contributed by atoms with van der Waals surface area (Å²) < 4.78 is 5.15. The average Bonchev–Trinajstić information content (AvgIpc) is 2.12. The van der Waals surface area contributed by atoms with E-state index in [1.165, 1.54) is 0 Å². The fraction of sp³-hybridized carbons (Fsp3) is 0.417. The number of carbonyl (C=O) groups is 1. The van der Waals surface area contributed by atoms with Crippen molar-refractivity contribution in [1.29, 1.82) is 0 Å². The molecular weight excluding hydrogens is 212 g/mol. The lowest BCUT2D eigenvalue weighted by molar-refractivity contribution is -0.154. The molecule has 0 atom stereocenters. The Kier molecular flexibility index (Phi) is 3.75. The standard InChI is InChI=1S/C12H15ClO2/c1-12(2,3)11(14)15-8-9-5-4-6-10(13)7-9/h4-7H,8H2,1-3H3. The van der Waals surface area contributed by atoms with Crippen LogP contribution in [-0.2, 0) is 16.1 Å². The Morgan fingerprint density at radius 3 is 2.60 bits per heavy atom. The van der Waals surface area contributed by atoms with Gasteiger partial charge in [0.25, 0.3) is 0 Å². The van der Waals surface area contributed by atoms with Crippen molar-refractivity contribution >= 4 is 17.6 Å². The molecule has 0 radical (unpaired) electrons. The van der Waals surface area contributed by atoms with Crippen LogP contribution in [0.1, 0.15) is 26.3 Å². The second kappa shape index (κ2) is 4.67. The molecule has 0 aliphatic rings. The SMILES string of the molecule is CC(C)(C)C(=O)OCc1cccc(Cl)c1. The Morgan fingerprint density at radius 1 is 1.40 bits per heavy atom. The van der Waals surface area contributed by atoms with Crippen molar-refractivity contribution in [2.45, 2.75) is 27.4 Å².